The van der Waals surface area contributed by atoms with Crippen LogP contribution in [0.15, 0.2) is 24.3 Å². The Morgan fingerprint density at radius 2 is 2.09 bits per heavy atom. The molecule has 0 unspecified atom stereocenters. The second-order valence-corrected chi connectivity index (χ2v) is 2.60. The first-order chi connectivity index (χ1) is 5.18. The molecule has 5 heteroatoms. The molecule has 0 aliphatic rings. The van der Waals surface area contributed by atoms with Gasteiger partial charge in [0.2, 0.25) is 0 Å². The summed E-state index contributed by atoms with van der Waals surface area (Å²) in [6, 6.07) is 6.47. The van der Waals surface area contributed by atoms with Crippen molar-refractivity contribution in [3.05, 3.63) is 24.3 Å². The standard InChI is InChI=1S/C6H6BO3P/c7-5-2-1-3-6(4-5)10-11(8)9/h1-4,8-9H. The van der Waals surface area contributed by atoms with Crippen molar-refractivity contribution in [3.8, 4) is 5.75 Å². The van der Waals surface area contributed by atoms with Gasteiger partial charge in [-0.2, -0.15) is 0 Å². The van der Waals surface area contributed by atoms with E-state index < -0.39 is 8.60 Å². The SMILES string of the molecule is [B]c1cccc(OP(O)O)c1. The van der Waals surface area contributed by atoms with Crippen LogP contribution in [0, 0.1) is 0 Å². The molecule has 0 saturated carbocycles. The fraction of sp³-hybridized carbons (Fsp3) is 0. The lowest BCUT2D eigenvalue weighted by molar-refractivity contribution is 0.375. The Morgan fingerprint density at radius 1 is 1.36 bits per heavy atom. The van der Waals surface area contributed by atoms with Gasteiger partial charge >= 0.3 is 8.60 Å². The van der Waals surface area contributed by atoms with Crippen LogP contribution in [0.25, 0.3) is 0 Å². The molecule has 0 amide bonds. The molecule has 0 aliphatic heterocycles. The van der Waals surface area contributed by atoms with E-state index in [2.05, 4.69) is 4.52 Å². The summed E-state index contributed by atoms with van der Waals surface area (Å²) < 4.78 is 4.59. The van der Waals surface area contributed by atoms with Gasteiger partial charge < -0.3 is 14.3 Å². The number of hydrogen-bond acceptors (Lipinski definition) is 3. The maximum Gasteiger partial charge on any atom is 0.391 e. The van der Waals surface area contributed by atoms with Crippen LogP contribution < -0.4 is 9.99 Å². The van der Waals surface area contributed by atoms with E-state index >= 15 is 0 Å². The quantitative estimate of drug-likeness (QED) is 0.485. The highest BCUT2D eigenvalue weighted by Crippen LogP contribution is 2.27. The van der Waals surface area contributed by atoms with E-state index in [0.717, 1.165) is 0 Å². The monoisotopic (exact) mass is 168 g/mol. The predicted octanol–water partition coefficient (Wildman–Crippen LogP) is 0.0707. The van der Waals surface area contributed by atoms with Gasteiger partial charge in [-0.15, -0.1) is 0 Å². The van der Waals surface area contributed by atoms with Crippen molar-refractivity contribution in [1.29, 1.82) is 0 Å². The van der Waals surface area contributed by atoms with Gasteiger partial charge in [-0.3, -0.25) is 0 Å². The lowest BCUT2D eigenvalue weighted by Crippen LogP contribution is -2.00. The molecular formula is C6H6BO3P. The average molecular weight is 168 g/mol. The second-order valence-electron chi connectivity index (χ2n) is 1.92. The largest absolute Gasteiger partial charge is 0.427 e. The van der Waals surface area contributed by atoms with E-state index in [1.165, 1.54) is 6.07 Å². The van der Waals surface area contributed by atoms with E-state index in [1.807, 2.05) is 0 Å². The maximum absolute atomic E-state index is 8.45. The van der Waals surface area contributed by atoms with Gasteiger partial charge in [0, 0.05) is 0 Å². The fourth-order valence-electron chi connectivity index (χ4n) is 0.666. The van der Waals surface area contributed by atoms with Crippen molar-refractivity contribution in [2.45, 2.75) is 0 Å². The van der Waals surface area contributed by atoms with E-state index in [0.29, 0.717) is 11.2 Å². The van der Waals surface area contributed by atoms with Crippen molar-refractivity contribution in [3.63, 3.8) is 0 Å². The molecule has 0 heterocycles. The minimum absolute atomic E-state index is 0.362. The summed E-state index contributed by atoms with van der Waals surface area (Å²) in [4.78, 5) is 16.9. The summed E-state index contributed by atoms with van der Waals surface area (Å²) in [5.41, 5.74) is 0.527. The van der Waals surface area contributed by atoms with Crippen LogP contribution >= 0.6 is 8.60 Å². The van der Waals surface area contributed by atoms with Crippen molar-refractivity contribution in [2.75, 3.05) is 0 Å². The van der Waals surface area contributed by atoms with Gasteiger partial charge in [-0.05, 0) is 12.1 Å². The van der Waals surface area contributed by atoms with Crippen molar-refractivity contribution in [1.82, 2.24) is 0 Å². The average Bonchev–Trinajstić information content (AvgIpc) is 1.85. The summed E-state index contributed by atoms with van der Waals surface area (Å²) in [6.45, 7) is 0. The molecule has 11 heavy (non-hydrogen) atoms. The minimum atomic E-state index is -2.34. The topological polar surface area (TPSA) is 49.7 Å². The summed E-state index contributed by atoms with van der Waals surface area (Å²) in [5, 5.41) is 0. The van der Waals surface area contributed by atoms with E-state index in [-0.39, 0.29) is 0 Å². The minimum Gasteiger partial charge on any atom is -0.427 e. The van der Waals surface area contributed by atoms with E-state index in [4.69, 9.17) is 17.6 Å². The smallest absolute Gasteiger partial charge is 0.391 e. The molecule has 2 N–H and O–H groups in total. The first kappa shape index (κ1) is 8.53. The van der Waals surface area contributed by atoms with Crippen molar-refractivity contribution >= 4 is 21.9 Å². The Hall–Kier alpha value is -0.565. The highest BCUT2D eigenvalue weighted by atomic mass is 31.2. The van der Waals surface area contributed by atoms with Gasteiger partial charge in [0.1, 0.15) is 13.6 Å². The third-order valence-corrected chi connectivity index (χ3v) is 1.42. The van der Waals surface area contributed by atoms with Gasteiger partial charge in [0.05, 0.1) is 0 Å². The molecule has 0 saturated heterocycles. The molecule has 56 valence electrons. The molecule has 0 fully saturated rings. The molecule has 0 aliphatic carbocycles. The first-order valence-electron chi connectivity index (χ1n) is 2.90. The Bertz CT molecular complexity index is 241. The van der Waals surface area contributed by atoms with Crippen LogP contribution in [0.2, 0.25) is 0 Å². The molecule has 1 aromatic rings. The number of hydrogen-bond donors (Lipinski definition) is 2. The van der Waals surface area contributed by atoms with Gasteiger partial charge in [-0.25, -0.2) is 0 Å². The van der Waals surface area contributed by atoms with E-state index in [9.17, 15) is 0 Å². The Morgan fingerprint density at radius 3 is 2.64 bits per heavy atom. The molecule has 0 atom stereocenters. The van der Waals surface area contributed by atoms with Crippen LogP contribution in [0.5, 0.6) is 5.75 Å². The molecule has 3 nitrogen and oxygen atoms in total. The number of rotatable bonds is 2. The lowest BCUT2D eigenvalue weighted by atomic mass is 9.97. The highest BCUT2D eigenvalue weighted by Gasteiger charge is 2.00. The van der Waals surface area contributed by atoms with Gasteiger partial charge in [0.25, 0.3) is 0 Å². The van der Waals surface area contributed by atoms with Gasteiger partial charge in [0.15, 0.2) is 0 Å². The lowest BCUT2D eigenvalue weighted by Gasteiger charge is -2.04. The molecule has 0 bridgehead atoms. The molecule has 0 spiro atoms. The number of benzene rings is 1. The maximum atomic E-state index is 8.45. The normalized spacial score (nSPS) is 10.1. The van der Waals surface area contributed by atoms with E-state index in [1.54, 1.807) is 18.2 Å². The zero-order valence-electron chi connectivity index (χ0n) is 5.64. The summed E-state index contributed by atoms with van der Waals surface area (Å²) in [6.07, 6.45) is 0. The Balaban J connectivity index is 2.71. The zero-order chi connectivity index (χ0) is 8.27. The first-order valence-corrected chi connectivity index (χ1v) is 4.06. The third-order valence-electron chi connectivity index (χ3n) is 1.05. The van der Waals surface area contributed by atoms with Crippen LogP contribution in [0.4, 0.5) is 0 Å². The van der Waals surface area contributed by atoms with Crippen LogP contribution in [0.3, 0.4) is 0 Å². The zero-order valence-corrected chi connectivity index (χ0v) is 6.53. The molecule has 2 radical (unpaired) electrons. The molecule has 0 aromatic heterocycles. The molecule has 1 aromatic carbocycles. The van der Waals surface area contributed by atoms with Crippen molar-refractivity contribution < 1.29 is 14.3 Å². The molecular weight excluding hydrogens is 162 g/mol. The Labute approximate surface area is 67.0 Å². The van der Waals surface area contributed by atoms with Crippen LogP contribution in [0.1, 0.15) is 0 Å². The summed E-state index contributed by atoms with van der Waals surface area (Å²) in [5.74, 6) is 0.362. The molecule has 1 rings (SSSR count). The third kappa shape index (κ3) is 2.89. The van der Waals surface area contributed by atoms with Crippen LogP contribution in [-0.2, 0) is 0 Å². The summed E-state index contributed by atoms with van der Waals surface area (Å²) in [7, 11) is 3.05. The fourth-order valence-corrected chi connectivity index (χ4v) is 0.968. The second kappa shape index (κ2) is 3.72. The highest BCUT2D eigenvalue weighted by molar-refractivity contribution is 7.39. The Kier molecular flexibility index (Phi) is 2.88. The van der Waals surface area contributed by atoms with Crippen LogP contribution in [-0.4, -0.2) is 17.6 Å². The van der Waals surface area contributed by atoms with Crippen molar-refractivity contribution in [2.24, 2.45) is 0 Å². The summed E-state index contributed by atoms with van der Waals surface area (Å²) >= 11 is 0. The predicted molar refractivity (Wildman–Crippen MR) is 43.8 cm³/mol. The van der Waals surface area contributed by atoms with Gasteiger partial charge in [-0.1, -0.05) is 17.6 Å².